The van der Waals surface area contributed by atoms with Crippen LogP contribution in [0.1, 0.15) is 29.4 Å². The molecule has 2 atom stereocenters. The minimum absolute atomic E-state index is 0.209. The molecule has 0 unspecified atom stereocenters. The summed E-state index contributed by atoms with van der Waals surface area (Å²) in [5.74, 6) is 0.0732. The lowest BCUT2D eigenvalue weighted by molar-refractivity contribution is 0.194. The fourth-order valence-electron chi connectivity index (χ4n) is 2.80. The average molecular weight is 298 g/mol. The molecule has 0 amide bonds. The van der Waals surface area contributed by atoms with Gasteiger partial charge in [-0.15, -0.1) is 0 Å². The number of halogens is 1. The van der Waals surface area contributed by atoms with Crippen molar-refractivity contribution in [1.29, 1.82) is 5.26 Å². The van der Waals surface area contributed by atoms with Gasteiger partial charge < -0.3 is 10.0 Å². The van der Waals surface area contributed by atoms with Crippen LogP contribution in [0.2, 0.25) is 0 Å². The molecule has 1 aliphatic heterocycles. The average Bonchev–Trinajstić information content (AvgIpc) is 2.88. The summed E-state index contributed by atoms with van der Waals surface area (Å²) in [6.07, 6.45) is -0.0641. The summed E-state index contributed by atoms with van der Waals surface area (Å²) in [6.45, 7) is 2.14. The first-order chi connectivity index (χ1) is 10.6. The van der Waals surface area contributed by atoms with Gasteiger partial charge in [-0.25, -0.2) is 14.4 Å². The predicted octanol–water partition coefficient (Wildman–Crippen LogP) is 2.11. The zero-order chi connectivity index (χ0) is 15.7. The van der Waals surface area contributed by atoms with Gasteiger partial charge in [0.05, 0.1) is 12.1 Å². The first kappa shape index (κ1) is 14.4. The second-order valence-electron chi connectivity index (χ2n) is 5.42. The van der Waals surface area contributed by atoms with Crippen LogP contribution in [0, 0.1) is 24.1 Å². The molecule has 5 nitrogen and oxygen atoms in total. The Balaban J connectivity index is 2.01. The molecule has 1 saturated heterocycles. The highest BCUT2D eigenvalue weighted by atomic mass is 19.1. The Morgan fingerprint density at radius 3 is 2.91 bits per heavy atom. The highest BCUT2D eigenvalue weighted by Gasteiger charge is 2.34. The van der Waals surface area contributed by atoms with E-state index in [1.165, 1.54) is 12.1 Å². The van der Waals surface area contributed by atoms with Crippen molar-refractivity contribution in [2.24, 2.45) is 0 Å². The number of anilines is 1. The molecule has 3 rings (SSSR count). The number of nitriles is 1. The van der Waals surface area contributed by atoms with E-state index in [2.05, 4.69) is 9.97 Å². The zero-order valence-corrected chi connectivity index (χ0v) is 12.1. The fraction of sp³-hybridized carbons (Fsp3) is 0.312. The molecule has 2 aromatic rings. The number of β-amino-alcohol motifs (C(OH)–C–C–N with tert-alkyl or cyclic N) is 1. The van der Waals surface area contributed by atoms with E-state index in [0.717, 1.165) is 5.56 Å². The third-order valence-electron chi connectivity index (χ3n) is 3.73. The van der Waals surface area contributed by atoms with Crippen LogP contribution >= 0.6 is 0 Å². The van der Waals surface area contributed by atoms with Gasteiger partial charge in [-0.05, 0) is 37.1 Å². The lowest BCUT2D eigenvalue weighted by Crippen LogP contribution is -2.26. The van der Waals surface area contributed by atoms with Crippen molar-refractivity contribution < 1.29 is 9.50 Å². The number of benzene rings is 1. The molecule has 6 heteroatoms. The molecule has 112 valence electrons. The Labute approximate surface area is 127 Å². The van der Waals surface area contributed by atoms with Gasteiger partial charge in [0.1, 0.15) is 17.6 Å². The van der Waals surface area contributed by atoms with Crippen molar-refractivity contribution in [1.82, 2.24) is 9.97 Å². The summed E-state index contributed by atoms with van der Waals surface area (Å²) in [7, 11) is 0. The molecule has 1 fully saturated rings. The molecule has 0 spiro atoms. The standard InChI is InChI=1S/C16H15FN4O/c1-10-5-13(8-18)20-16(19-10)21-9-14(22)7-15(21)11-3-2-4-12(17)6-11/h2-6,14-15,22H,7,9H2,1H3/t14-,15-/m1/s1. The second kappa shape index (κ2) is 5.70. The minimum atomic E-state index is -0.539. The van der Waals surface area contributed by atoms with Gasteiger partial charge in [0.2, 0.25) is 5.95 Å². The summed E-state index contributed by atoms with van der Waals surface area (Å²) < 4.78 is 13.5. The Bertz CT molecular complexity index is 743. The summed E-state index contributed by atoms with van der Waals surface area (Å²) in [5, 5.41) is 19.0. The van der Waals surface area contributed by atoms with Gasteiger partial charge in [0.15, 0.2) is 0 Å². The van der Waals surface area contributed by atoms with E-state index in [4.69, 9.17) is 5.26 Å². The van der Waals surface area contributed by atoms with E-state index in [1.807, 2.05) is 17.0 Å². The SMILES string of the molecule is Cc1cc(C#N)nc(N2C[C@H](O)C[C@@H]2c2cccc(F)c2)n1. The highest BCUT2D eigenvalue weighted by molar-refractivity contribution is 5.42. The number of hydrogen-bond donors (Lipinski definition) is 1. The molecule has 1 N–H and O–H groups in total. The monoisotopic (exact) mass is 298 g/mol. The summed E-state index contributed by atoms with van der Waals surface area (Å²) in [5.41, 5.74) is 1.72. The fourth-order valence-corrected chi connectivity index (χ4v) is 2.80. The maximum absolute atomic E-state index is 13.5. The van der Waals surface area contributed by atoms with Crippen LogP contribution in [-0.2, 0) is 0 Å². The van der Waals surface area contributed by atoms with Gasteiger partial charge in [-0.1, -0.05) is 12.1 Å². The van der Waals surface area contributed by atoms with Crippen molar-refractivity contribution in [3.8, 4) is 6.07 Å². The van der Waals surface area contributed by atoms with Gasteiger partial charge in [-0.3, -0.25) is 0 Å². The van der Waals surface area contributed by atoms with E-state index in [1.54, 1.807) is 19.1 Å². The molecule has 22 heavy (non-hydrogen) atoms. The summed E-state index contributed by atoms with van der Waals surface area (Å²) >= 11 is 0. The molecular formula is C16H15FN4O. The van der Waals surface area contributed by atoms with Crippen LogP contribution < -0.4 is 4.90 Å². The molecule has 1 aliphatic rings. The molecule has 0 saturated carbocycles. The third kappa shape index (κ3) is 2.76. The Morgan fingerprint density at radius 2 is 2.18 bits per heavy atom. The smallest absolute Gasteiger partial charge is 0.227 e. The van der Waals surface area contributed by atoms with E-state index in [-0.39, 0.29) is 17.6 Å². The number of aliphatic hydroxyl groups is 1. The quantitative estimate of drug-likeness (QED) is 0.919. The normalized spacial score (nSPS) is 20.9. The lowest BCUT2D eigenvalue weighted by Gasteiger charge is -2.25. The van der Waals surface area contributed by atoms with Crippen molar-refractivity contribution in [3.05, 3.63) is 53.1 Å². The maximum Gasteiger partial charge on any atom is 0.227 e. The number of aliphatic hydroxyl groups excluding tert-OH is 1. The maximum atomic E-state index is 13.5. The second-order valence-corrected chi connectivity index (χ2v) is 5.42. The molecule has 1 aromatic carbocycles. The minimum Gasteiger partial charge on any atom is -0.391 e. The third-order valence-corrected chi connectivity index (χ3v) is 3.73. The van der Waals surface area contributed by atoms with Crippen molar-refractivity contribution in [2.75, 3.05) is 11.4 Å². The molecule has 0 aliphatic carbocycles. The number of nitrogens with zero attached hydrogens (tertiary/aromatic N) is 4. The molecule has 0 bridgehead atoms. The van der Waals surface area contributed by atoms with Crippen LogP contribution in [0.4, 0.5) is 10.3 Å². The number of aryl methyl sites for hydroxylation is 1. The lowest BCUT2D eigenvalue weighted by atomic mass is 10.0. The van der Waals surface area contributed by atoms with Gasteiger partial charge in [0.25, 0.3) is 0 Å². The van der Waals surface area contributed by atoms with Gasteiger partial charge >= 0.3 is 0 Å². The van der Waals surface area contributed by atoms with Crippen LogP contribution in [0.25, 0.3) is 0 Å². The molecular weight excluding hydrogens is 283 g/mol. The number of hydrogen-bond acceptors (Lipinski definition) is 5. The van der Waals surface area contributed by atoms with E-state index < -0.39 is 6.10 Å². The van der Waals surface area contributed by atoms with Gasteiger partial charge in [0, 0.05) is 12.2 Å². The van der Waals surface area contributed by atoms with Crippen LogP contribution in [0.5, 0.6) is 0 Å². The largest absolute Gasteiger partial charge is 0.391 e. The number of aromatic nitrogens is 2. The first-order valence-corrected chi connectivity index (χ1v) is 7.03. The summed E-state index contributed by atoms with van der Waals surface area (Å²) in [4.78, 5) is 10.4. The van der Waals surface area contributed by atoms with Crippen LogP contribution in [-0.4, -0.2) is 27.7 Å². The molecule has 0 radical (unpaired) electrons. The van der Waals surface area contributed by atoms with Crippen molar-refractivity contribution in [3.63, 3.8) is 0 Å². The predicted molar refractivity (Wildman–Crippen MR) is 78.6 cm³/mol. The molecule has 2 heterocycles. The first-order valence-electron chi connectivity index (χ1n) is 7.03. The van der Waals surface area contributed by atoms with E-state index >= 15 is 0 Å². The van der Waals surface area contributed by atoms with Crippen LogP contribution in [0.15, 0.2) is 30.3 Å². The Morgan fingerprint density at radius 1 is 1.36 bits per heavy atom. The van der Waals surface area contributed by atoms with Crippen molar-refractivity contribution >= 4 is 5.95 Å². The van der Waals surface area contributed by atoms with E-state index in [9.17, 15) is 9.50 Å². The zero-order valence-electron chi connectivity index (χ0n) is 12.1. The van der Waals surface area contributed by atoms with Gasteiger partial charge in [-0.2, -0.15) is 5.26 Å². The van der Waals surface area contributed by atoms with Crippen LogP contribution in [0.3, 0.4) is 0 Å². The Kier molecular flexibility index (Phi) is 3.73. The number of rotatable bonds is 2. The summed E-state index contributed by atoms with van der Waals surface area (Å²) in [6, 6.07) is 9.71. The van der Waals surface area contributed by atoms with E-state index in [0.29, 0.717) is 24.6 Å². The topological polar surface area (TPSA) is 73.0 Å². The Hall–Kier alpha value is -2.52. The van der Waals surface area contributed by atoms with Crippen molar-refractivity contribution in [2.45, 2.75) is 25.5 Å². The molecule has 1 aromatic heterocycles. The highest BCUT2D eigenvalue weighted by Crippen LogP contribution is 2.35.